The predicted molar refractivity (Wildman–Crippen MR) is 49.5 cm³/mol. The average Bonchev–Trinajstić information content (AvgIpc) is 2.44. The van der Waals surface area contributed by atoms with E-state index in [0.717, 1.165) is 12.0 Å². The minimum absolute atomic E-state index is 0.181. The third-order valence-corrected chi connectivity index (χ3v) is 2.37. The van der Waals surface area contributed by atoms with E-state index in [-0.39, 0.29) is 6.04 Å². The van der Waals surface area contributed by atoms with Crippen LogP contribution in [0.4, 0.5) is 0 Å². The summed E-state index contributed by atoms with van der Waals surface area (Å²) < 4.78 is 0. The molecule has 2 aliphatic rings. The highest BCUT2D eigenvalue weighted by atomic mass is 16.4. The SMILES string of the molecule is O=C(O)C1CN=CCC2=CC=NC21. The lowest BCUT2D eigenvalue weighted by Gasteiger charge is -2.15. The van der Waals surface area contributed by atoms with Gasteiger partial charge in [-0.3, -0.25) is 14.8 Å². The van der Waals surface area contributed by atoms with Crippen LogP contribution in [0.15, 0.2) is 21.6 Å². The summed E-state index contributed by atoms with van der Waals surface area (Å²) >= 11 is 0. The summed E-state index contributed by atoms with van der Waals surface area (Å²) in [6, 6.07) is -0.181. The first-order valence-corrected chi connectivity index (χ1v) is 4.22. The van der Waals surface area contributed by atoms with Crippen LogP contribution in [0.2, 0.25) is 0 Å². The van der Waals surface area contributed by atoms with Crippen molar-refractivity contribution in [3.8, 4) is 0 Å². The summed E-state index contributed by atoms with van der Waals surface area (Å²) in [5.41, 5.74) is 1.06. The van der Waals surface area contributed by atoms with E-state index in [9.17, 15) is 4.79 Å². The second-order valence-corrected chi connectivity index (χ2v) is 3.18. The van der Waals surface area contributed by atoms with Gasteiger partial charge in [0.25, 0.3) is 0 Å². The Bertz CT molecular complexity index is 318. The van der Waals surface area contributed by atoms with Crippen LogP contribution in [0.5, 0.6) is 0 Å². The summed E-state index contributed by atoms with van der Waals surface area (Å²) in [6.45, 7) is 0.342. The highest BCUT2D eigenvalue weighted by Gasteiger charge is 2.32. The number of carboxylic acids is 1. The van der Waals surface area contributed by atoms with Gasteiger partial charge in [0.05, 0.1) is 12.6 Å². The van der Waals surface area contributed by atoms with Gasteiger partial charge in [-0.05, 0) is 11.6 Å². The summed E-state index contributed by atoms with van der Waals surface area (Å²) in [5.74, 6) is -1.29. The summed E-state index contributed by atoms with van der Waals surface area (Å²) in [4.78, 5) is 19.1. The molecular weight excluding hydrogens is 168 g/mol. The summed E-state index contributed by atoms with van der Waals surface area (Å²) in [5, 5.41) is 8.94. The highest BCUT2D eigenvalue weighted by molar-refractivity contribution is 5.82. The molecule has 2 atom stereocenters. The van der Waals surface area contributed by atoms with Crippen LogP contribution >= 0.6 is 0 Å². The number of allylic oxidation sites excluding steroid dienone is 1. The van der Waals surface area contributed by atoms with Crippen molar-refractivity contribution in [1.82, 2.24) is 0 Å². The van der Waals surface area contributed by atoms with Crippen LogP contribution < -0.4 is 0 Å². The Labute approximate surface area is 75.7 Å². The molecule has 0 aromatic rings. The predicted octanol–water partition coefficient (Wildman–Crippen LogP) is 0.541. The summed E-state index contributed by atoms with van der Waals surface area (Å²) in [7, 11) is 0. The van der Waals surface area contributed by atoms with Gasteiger partial charge in [0.15, 0.2) is 0 Å². The van der Waals surface area contributed by atoms with Crippen LogP contribution in [0, 0.1) is 5.92 Å². The molecule has 0 saturated heterocycles. The van der Waals surface area contributed by atoms with Crippen LogP contribution in [0.25, 0.3) is 0 Å². The van der Waals surface area contributed by atoms with Gasteiger partial charge in [0.1, 0.15) is 5.92 Å². The lowest BCUT2D eigenvalue weighted by atomic mass is 9.94. The number of fused-ring (bicyclic) bond motifs is 1. The number of carboxylic acid groups (broad SMARTS) is 1. The highest BCUT2D eigenvalue weighted by Crippen LogP contribution is 2.25. The Morgan fingerprint density at radius 2 is 2.46 bits per heavy atom. The first-order chi connectivity index (χ1) is 6.29. The fourth-order valence-electron chi connectivity index (χ4n) is 1.65. The van der Waals surface area contributed by atoms with Gasteiger partial charge in [-0.1, -0.05) is 0 Å². The van der Waals surface area contributed by atoms with Gasteiger partial charge in [-0.15, -0.1) is 0 Å². The third kappa shape index (κ3) is 1.39. The van der Waals surface area contributed by atoms with Crippen LogP contribution in [0.3, 0.4) is 0 Å². The second kappa shape index (κ2) is 3.12. The molecule has 0 aromatic heterocycles. The molecule has 68 valence electrons. The zero-order valence-corrected chi connectivity index (χ0v) is 7.05. The molecule has 13 heavy (non-hydrogen) atoms. The minimum Gasteiger partial charge on any atom is -0.481 e. The Morgan fingerprint density at radius 1 is 1.62 bits per heavy atom. The Kier molecular flexibility index (Phi) is 1.96. The van der Waals surface area contributed by atoms with Crippen LogP contribution in [-0.4, -0.2) is 36.1 Å². The lowest BCUT2D eigenvalue weighted by Crippen LogP contribution is -2.28. The van der Waals surface area contributed by atoms with Gasteiger partial charge in [0, 0.05) is 18.9 Å². The molecule has 2 heterocycles. The summed E-state index contributed by atoms with van der Waals surface area (Å²) in [6.07, 6.45) is 6.08. The Morgan fingerprint density at radius 3 is 3.23 bits per heavy atom. The molecule has 1 N–H and O–H groups in total. The molecule has 0 radical (unpaired) electrons. The maximum Gasteiger partial charge on any atom is 0.310 e. The minimum atomic E-state index is -0.811. The van der Waals surface area contributed by atoms with Crippen molar-refractivity contribution in [1.29, 1.82) is 0 Å². The van der Waals surface area contributed by atoms with Crippen LogP contribution in [0.1, 0.15) is 6.42 Å². The molecule has 0 amide bonds. The van der Waals surface area contributed by atoms with E-state index in [4.69, 9.17) is 5.11 Å². The van der Waals surface area contributed by atoms with Crippen LogP contribution in [-0.2, 0) is 4.79 Å². The zero-order chi connectivity index (χ0) is 9.26. The van der Waals surface area contributed by atoms with Crippen molar-refractivity contribution in [2.24, 2.45) is 15.9 Å². The first kappa shape index (κ1) is 8.16. The van der Waals surface area contributed by atoms with Gasteiger partial charge < -0.3 is 5.11 Å². The standard InChI is InChI=1S/C9H10N2O2/c12-9(13)7-5-10-3-1-6-2-4-11-8(6)7/h2-4,7-8H,1,5H2,(H,12,13). The molecule has 2 unspecified atom stereocenters. The fraction of sp³-hybridized carbons (Fsp3) is 0.444. The maximum atomic E-state index is 10.9. The third-order valence-electron chi connectivity index (χ3n) is 2.37. The molecule has 2 aliphatic heterocycles. The van der Waals surface area contributed by atoms with E-state index in [1.165, 1.54) is 0 Å². The van der Waals surface area contributed by atoms with E-state index in [1.54, 1.807) is 12.4 Å². The quantitative estimate of drug-likeness (QED) is 0.637. The van der Waals surface area contributed by atoms with Gasteiger partial charge in [0.2, 0.25) is 0 Å². The average molecular weight is 178 g/mol. The molecule has 0 saturated carbocycles. The Hall–Kier alpha value is -1.45. The molecule has 0 aromatic carbocycles. The molecule has 4 nitrogen and oxygen atoms in total. The van der Waals surface area contributed by atoms with Gasteiger partial charge in [-0.25, -0.2) is 0 Å². The van der Waals surface area contributed by atoms with Crippen molar-refractivity contribution >= 4 is 18.4 Å². The number of aliphatic carboxylic acids is 1. The molecule has 0 spiro atoms. The van der Waals surface area contributed by atoms with Crippen molar-refractivity contribution in [2.75, 3.05) is 6.54 Å². The van der Waals surface area contributed by atoms with E-state index in [1.807, 2.05) is 6.08 Å². The van der Waals surface area contributed by atoms with E-state index < -0.39 is 11.9 Å². The molecule has 0 aliphatic carbocycles. The van der Waals surface area contributed by atoms with E-state index in [0.29, 0.717) is 6.54 Å². The second-order valence-electron chi connectivity index (χ2n) is 3.18. The van der Waals surface area contributed by atoms with Crippen molar-refractivity contribution in [2.45, 2.75) is 12.5 Å². The fourth-order valence-corrected chi connectivity index (χ4v) is 1.65. The monoisotopic (exact) mass is 178 g/mol. The normalized spacial score (nSPS) is 30.9. The molecule has 0 fully saturated rings. The topological polar surface area (TPSA) is 62.0 Å². The number of rotatable bonds is 1. The van der Waals surface area contributed by atoms with Gasteiger partial charge >= 0.3 is 5.97 Å². The smallest absolute Gasteiger partial charge is 0.310 e. The number of nitrogens with zero attached hydrogens (tertiary/aromatic N) is 2. The van der Waals surface area contributed by atoms with Gasteiger partial charge in [-0.2, -0.15) is 0 Å². The van der Waals surface area contributed by atoms with E-state index >= 15 is 0 Å². The van der Waals surface area contributed by atoms with Crippen molar-refractivity contribution < 1.29 is 9.90 Å². The maximum absolute atomic E-state index is 10.9. The number of aliphatic imine (C=N–C) groups is 2. The zero-order valence-electron chi connectivity index (χ0n) is 7.05. The largest absolute Gasteiger partial charge is 0.481 e. The number of carbonyl (C=O) groups is 1. The van der Waals surface area contributed by atoms with E-state index in [2.05, 4.69) is 9.98 Å². The number of hydrogen-bond acceptors (Lipinski definition) is 3. The lowest BCUT2D eigenvalue weighted by molar-refractivity contribution is -0.141. The molecule has 2 rings (SSSR count). The molecule has 4 heteroatoms. The van der Waals surface area contributed by atoms with Crippen molar-refractivity contribution in [3.05, 3.63) is 11.6 Å². The molecule has 0 bridgehead atoms. The first-order valence-electron chi connectivity index (χ1n) is 4.22. The van der Waals surface area contributed by atoms with Crippen molar-refractivity contribution in [3.63, 3.8) is 0 Å². The Balaban J connectivity index is 2.27. The number of hydrogen-bond donors (Lipinski definition) is 1. The molecular formula is C9H10N2O2.